The number of carbonyl (C=O) groups excluding carboxylic acids is 1. The van der Waals surface area contributed by atoms with Crippen LogP contribution >= 0.6 is 0 Å². The first-order valence-electron chi connectivity index (χ1n) is 6.29. The molecule has 1 aromatic heterocycles. The maximum absolute atomic E-state index is 12.1. The number of aromatic nitrogens is 2. The van der Waals surface area contributed by atoms with E-state index in [-0.39, 0.29) is 11.9 Å². The molecular weight excluding hydrogens is 216 g/mol. The van der Waals surface area contributed by atoms with Gasteiger partial charge < -0.3 is 10.6 Å². The summed E-state index contributed by atoms with van der Waals surface area (Å²) >= 11 is 0. The highest BCUT2D eigenvalue weighted by Crippen LogP contribution is 2.18. The number of H-pyrrole nitrogens is 1. The van der Waals surface area contributed by atoms with Crippen LogP contribution in [0.1, 0.15) is 32.3 Å². The average Bonchev–Trinajstić information content (AvgIpc) is 2.76. The van der Waals surface area contributed by atoms with E-state index in [9.17, 15) is 4.79 Å². The first kappa shape index (κ1) is 12.1. The SMILES string of the molecule is CCc1cn[nH]c1NC(=O)C1NCCCC1C. The van der Waals surface area contributed by atoms with Crippen molar-refractivity contribution >= 4 is 11.7 Å². The zero-order valence-corrected chi connectivity index (χ0v) is 10.4. The number of rotatable bonds is 3. The predicted octanol–water partition coefficient (Wildman–Crippen LogP) is 1.30. The quantitative estimate of drug-likeness (QED) is 0.741. The van der Waals surface area contributed by atoms with Gasteiger partial charge in [0.2, 0.25) is 5.91 Å². The number of hydrogen-bond acceptors (Lipinski definition) is 3. The van der Waals surface area contributed by atoms with Gasteiger partial charge in [-0.15, -0.1) is 0 Å². The molecule has 1 saturated heterocycles. The molecule has 94 valence electrons. The van der Waals surface area contributed by atoms with Crippen molar-refractivity contribution in [1.82, 2.24) is 15.5 Å². The monoisotopic (exact) mass is 236 g/mol. The highest BCUT2D eigenvalue weighted by Gasteiger charge is 2.27. The number of hydrogen-bond donors (Lipinski definition) is 3. The number of amides is 1. The molecule has 0 bridgehead atoms. The smallest absolute Gasteiger partial charge is 0.242 e. The van der Waals surface area contributed by atoms with Gasteiger partial charge in [0, 0.05) is 5.56 Å². The molecule has 0 spiro atoms. The summed E-state index contributed by atoms with van der Waals surface area (Å²) in [4.78, 5) is 12.1. The zero-order chi connectivity index (χ0) is 12.3. The van der Waals surface area contributed by atoms with Crippen molar-refractivity contribution in [3.05, 3.63) is 11.8 Å². The lowest BCUT2D eigenvalue weighted by Gasteiger charge is -2.28. The number of nitrogens with zero attached hydrogens (tertiary/aromatic N) is 1. The predicted molar refractivity (Wildman–Crippen MR) is 66.8 cm³/mol. The molecule has 2 heterocycles. The van der Waals surface area contributed by atoms with E-state index < -0.39 is 0 Å². The maximum Gasteiger partial charge on any atom is 0.242 e. The zero-order valence-electron chi connectivity index (χ0n) is 10.4. The molecule has 0 saturated carbocycles. The second-order valence-electron chi connectivity index (χ2n) is 4.66. The molecule has 1 fully saturated rings. The Morgan fingerprint density at radius 3 is 3.18 bits per heavy atom. The summed E-state index contributed by atoms with van der Waals surface area (Å²) in [6.07, 6.45) is 4.87. The molecule has 0 radical (unpaired) electrons. The first-order valence-corrected chi connectivity index (χ1v) is 6.29. The van der Waals surface area contributed by atoms with Crippen molar-refractivity contribution in [2.45, 2.75) is 39.2 Å². The number of aryl methyl sites for hydroxylation is 1. The first-order chi connectivity index (χ1) is 8.22. The Balaban J connectivity index is 2.01. The fourth-order valence-corrected chi connectivity index (χ4v) is 2.29. The minimum Gasteiger partial charge on any atom is -0.309 e. The van der Waals surface area contributed by atoms with Crippen molar-refractivity contribution < 1.29 is 4.79 Å². The molecule has 0 aromatic carbocycles. The largest absolute Gasteiger partial charge is 0.309 e. The number of aromatic amines is 1. The molecule has 1 aliphatic rings. The summed E-state index contributed by atoms with van der Waals surface area (Å²) < 4.78 is 0. The van der Waals surface area contributed by atoms with E-state index in [0.29, 0.717) is 5.92 Å². The van der Waals surface area contributed by atoms with Gasteiger partial charge in [-0.3, -0.25) is 9.89 Å². The van der Waals surface area contributed by atoms with Crippen LogP contribution < -0.4 is 10.6 Å². The van der Waals surface area contributed by atoms with Gasteiger partial charge in [0.25, 0.3) is 0 Å². The van der Waals surface area contributed by atoms with Gasteiger partial charge in [0.1, 0.15) is 5.82 Å². The van der Waals surface area contributed by atoms with Crippen LogP contribution in [-0.2, 0) is 11.2 Å². The van der Waals surface area contributed by atoms with Gasteiger partial charge in [-0.05, 0) is 31.7 Å². The van der Waals surface area contributed by atoms with Crippen LogP contribution in [0.25, 0.3) is 0 Å². The van der Waals surface area contributed by atoms with Crippen LogP contribution in [0.4, 0.5) is 5.82 Å². The Hall–Kier alpha value is -1.36. The number of carbonyl (C=O) groups is 1. The molecule has 5 nitrogen and oxygen atoms in total. The van der Waals surface area contributed by atoms with E-state index in [1.54, 1.807) is 6.20 Å². The Morgan fingerprint density at radius 1 is 1.65 bits per heavy atom. The van der Waals surface area contributed by atoms with Crippen LogP contribution in [-0.4, -0.2) is 28.7 Å². The molecule has 5 heteroatoms. The molecule has 17 heavy (non-hydrogen) atoms. The summed E-state index contributed by atoms with van der Waals surface area (Å²) in [6.45, 7) is 5.08. The summed E-state index contributed by atoms with van der Waals surface area (Å²) in [5.74, 6) is 1.16. The highest BCUT2D eigenvalue weighted by molar-refractivity contribution is 5.94. The second-order valence-corrected chi connectivity index (χ2v) is 4.66. The molecule has 1 aliphatic heterocycles. The fourth-order valence-electron chi connectivity index (χ4n) is 2.29. The van der Waals surface area contributed by atoms with Crippen LogP contribution in [0.3, 0.4) is 0 Å². The Kier molecular flexibility index (Phi) is 3.78. The number of piperidine rings is 1. The van der Waals surface area contributed by atoms with Crippen LogP contribution in [0.2, 0.25) is 0 Å². The van der Waals surface area contributed by atoms with Gasteiger partial charge >= 0.3 is 0 Å². The minimum atomic E-state index is -0.0863. The Labute approximate surface area is 101 Å². The minimum absolute atomic E-state index is 0.0381. The van der Waals surface area contributed by atoms with E-state index in [1.165, 1.54) is 0 Å². The van der Waals surface area contributed by atoms with Crippen LogP contribution in [0, 0.1) is 5.92 Å². The molecule has 3 N–H and O–H groups in total. The lowest BCUT2D eigenvalue weighted by Crippen LogP contribution is -2.48. The molecule has 1 amide bonds. The highest BCUT2D eigenvalue weighted by atomic mass is 16.2. The van der Waals surface area contributed by atoms with Crippen molar-refractivity contribution in [3.8, 4) is 0 Å². The van der Waals surface area contributed by atoms with Crippen LogP contribution in [0.15, 0.2) is 6.20 Å². The summed E-state index contributed by atoms with van der Waals surface area (Å²) in [5.41, 5.74) is 1.04. The van der Waals surface area contributed by atoms with Crippen LogP contribution in [0.5, 0.6) is 0 Å². The van der Waals surface area contributed by atoms with Crippen molar-refractivity contribution in [2.24, 2.45) is 5.92 Å². The normalized spacial score (nSPS) is 24.6. The molecule has 2 atom stereocenters. The summed E-state index contributed by atoms with van der Waals surface area (Å²) in [6, 6.07) is -0.0863. The molecule has 1 aromatic rings. The van der Waals surface area contributed by atoms with E-state index >= 15 is 0 Å². The second kappa shape index (κ2) is 5.31. The molecule has 0 aliphatic carbocycles. The van der Waals surface area contributed by atoms with Gasteiger partial charge in [0.15, 0.2) is 0 Å². The summed E-state index contributed by atoms with van der Waals surface area (Å²) in [7, 11) is 0. The molecule has 2 rings (SSSR count). The Morgan fingerprint density at radius 2 is 2.47 bits per heavy atom. The van der Waals surface area contributed by atoms with Crippen molar-refractivity contribution in [3.63, 3.8) is 0 Å². The third-order valence-corrected chi connectivity index (χ3v) is 3.40. The third kappa shape index (κ3) is 2.66. The lowest BCUT2D eigenvalue weighted by atomic mass is 9.92. The van der Waals surface area contributed by atoms with Crippen molar-refractivity contribution in [2.75, 3.05) is 11.9 Å². The number of anilines is 1. The van der Waals surface area contributed by atoms with Gasteiger partial charge in [-0.1, -0.05) is 13.8 Å². The lowest BCUT2D eigenvalue weighted by molar-refractivity contribution is -0.119. The average molecular weight is 236 g/mol. The Bertz CT molecular complexity index is 388. The van der Waals surface area contributed by atoms with E-state index in [4.69, 9.17) is 0 Å². The third-order valence-electron chi connectivity index (χ3n) is 3.40. The topological polar surface area (TPSA) is 69.8 Å². The summed E-state index contributed by atoms with van der Waals surface area (Å²) in [5, 5.41) is 13.0. The molecular formula is C12H20N4O. The maximum atomic E-state index is 12.1. The fraction of sp³-hybridized carbons (Fsp3) is 0.667. The van der Waals surface area contributed by atoms with Gasteiger partial charge in [-0.25, -0.2) is 0 Å². The van der Waals surface area contributed by atoms with Crippen molar-refractivity contribution in [1.29, 1.82) is 0 Å². The van der Waals surface area contributed by atoms with E-state index in [2.05, 4.69) is 27.8 Å². The van der Waals surface area contributed by atoms with Gasteiger partial charge in [-0.2, -0.15) is 5.10 Å². The van der Waals surface area contributed by atoms with Gasteiger partial charge in [0.05, 0.1) is 12.2 Å². The number of nitrogens with one attached hydrogen (secondary N) is 3. The van der Waals surface area contributed by atoms with E-state index in [0.717, 1.165) is 37.2 Å². The van der Waals surface area contributed by atoms with E-state index in [1.807, 2.05) is 6.92 Å². The standard InChI is InChI=1S/C12H20N4O/c1-3-9-7-14-16-11(9)15-12(17)10-8(2)5-4-6-13-10/h7-8,10,13H,3-6H2,1-2H3,(H2,14,15,16,17). The molecule has 2 unspecified atom stereocenters.